The molecule has 0 heterocycles. The van der Waals surface area contributed by atoms with Gasteiger partial charge in [0.25, 0.3) is 0 Å². The third-order valence-electron chi connectivity index (χ3n) is 1.97. The van der Waals surface area contributed by atoms with E-state index in [9.17, 15) is 22.8 Å². The molecule has 0 radical (unpaired) electrons. The van der Waals surface area contributed by atoms with Gasteiger partial charge >= 0.3 is 28.2 Å². The van der Waals surface area contributed by atoms with Gasteiger partial charge in [-0.3, -0.25) is 9.59 Å². The Hall–Kier alpha value is -1.88. The predicted octanol–water partition coefficient (Wildman–Crippen LogP) is -0.725. The topological polar surface area (TPSA) is 159 Å². The van der Waals surface area contributed by atoms with Crippen molar-refractivity contribution in [3.05, 3.63) is 0 Å². The molecule has 0 rings (SSSR count). The predicted molar refractivity (Wildman–Crippen MR) is 65.1 cm³/mol. The lowest BCUT2D eigenvalue weighted by Gasteiger charge is -2.14. The maximum Gasteiger partial charge on any atom is 0.421 e. The highest BCUT2D eigenvalue weighted by Gasteiger charge is 2.25. The molecule has 0 aromatic heterocycles. The van der Waals surface area contributed by atoms with Crippen LogP contribution in [0.5, 0.6) is 0 Å². The lowest BCUT2D eigenvalue weighted by atomic mass is 10.1. The second-order valence-electron chi connectivity index (χ2n) is 3.62. The van der Waals surface area contributed by atoms with E-state index in [2.05, 4.69) is 4.74 Å². The summed E-state index contributed by atoms with van der Waals surface area (Å²) in [6.45, 7) is 1.41. The van der Waals surface area contributed by atoms with Crippen molar-refractivity contribution in [1.29, 1.82) is 0 Å². The average molecular weight is 312 g/mol. The Morgan fingerprint density at radius 2 is 1.85 bits per heavy atom. The number of carbonyl (C=O) groups excluding carboxylic acids is 1. The zero-order chi connectivity index (χ0) is 15.8. The smallest absolute Gasteiger partial charge is 0.421 e. The summed E-state index contributed by atoms with van der Waals surface area (Å²) in [5.74, 6) is -2.61. The molecule has 0 aliphatic carbocycles. The molecule has 11 heteroatoms. The lowest BCUT2D eigenvalue weighted by Crippen LogP contribution is -2.48. The molecule has 10 nitrogen and oxygen atoms in total. The Morgan fingerprint density at radius 1 is 1.25 bits per heavy atom. The molecule has 0 saturated carbocycles. The lowest BCUT2D eigenvalue weighted by molar-refractivity contribution is -0.140. The molecule has 0 saturated heterocycles. The third-order valence-corrected chi connectivity index (χ3v) is 3.00. The minimum absolute atomic E-state index is 0.0335. The number of nitrogens with one attached hydrogen (secondary N) is 2. The Morgan fingerprint density at radius 3 is 2.30 bits per heavy atom. The van der Waals surface area contributed by atoms with Crippen molar-refractivity contribution in [2.45, 2.75) is 32.2 Å². The van der Waals surface area contributed by atoms with Crippen LogP contribution in [0.3, 0.4) is 0 Å². The van der Waals surface area contributed by atoms with E-state index in [0.717, 1.165) is 0 Å². The minimum atomic E-state index is -4.40. The van der Waals surface area contributed by atoms with Crippen molar-refractivity contribution in [3.63, 3.8) is 0 Å². The van der Waals surface area contributed by atoms with E-state index < -0.39 is 34.3 Å². The van der Waals surface area contributed by atoms with Crippen molar-refractivity contribution in [2.75, 3.05) is 6.61 Å². The summed E-state index contributed by atoms with van der Waals surface area (Å²) in [6.07, 6.45) is -1.80. The Kier molecular flexibility index (Phi) is 7.54. The van der Waals surface area contributed by atoms with Crippen LogP contribution in [0.2, 0.25) is 0 Å². The number of amides is 1. The molecule has 1 amide bonds. The molecule has 0 aliphatic rings. The molecule has 116 valence electrons. The molecule has 20 heavy (non-hydrogen) atoms. The van der Waals surface area contributed by atoms with E-state index in [0.29, 0.717) is 0 Å². The highest BCUT2D eigenvalue weighted by atomic mass is 32.2. The monoisotopic (exact) mass is 312 g/mol. The van der Waals surface area contributed by atoms with Crippen LogP contribution in [0.25, 0.3) is 0 Å². The summed E-state index contributed by atoms with van der Waals surface area (Å²) in [5, 5.41) is 17.2. The molecule has 0 spiro atoms. The van der Waals surface area contributed by atoms with Gasteiger partial charge < -0.3 is 14.9 Å². The number of ether oxygens (including phenoxy) is 1. The number of hydrogen-bond donors (Lipinski definition) is 4. The summed E-state index contributed by atoms with van der Waals surface area (Å²) in [4.78, 5) is 32.1. The van der Waals surface area contributed by atoms with E-state index in [1.54, 1.807) is 4.72 Å². The first kappa shape index (κ1) is 18.1. The van der Waals surface area contributed by atoms with Crippen LogP contribution in [0, 0.1) is 0 Å². The molecule has 0 aliphatic heterocycles. The third kappa shape index (κ3) is 8.26. The molecule has 0 aromatic rings. The van der Waals surface area contributed by atoms with Gasteiger partial charge in [-0.05, 0) is 19.8 Å². The second-order valence-corrected chi connectivity index (χ2v) is 5.07. The van der Waals surface area contributed by atoms with Crippen molar-refractivity contribution >= 4 is 28.2 Å². The van der Waals surface area contributed by atoms with Gasteiger partial charge in [0.1, 0.15) is 6.04 Å². The zero-order valence-electron chi connectivity index (χ0n) is 10.7. The summed E-state index contributed by atoms with van der Waals surface area (Å²) in [6, 6.07) is -1.54. The van der Waals surface area contributed by atoms with Crippen LogP contribution in [0.15, 0.2) is 0 Å². The minimum Gasteiger partial charge on any atom is -0.481 e. The number of carbonyl (C=O) groups is 3. The Balaban J connectivity index is 4.53. The molecule has 0 fully saturated rings. The molecular formula is C9H16N2O8S. The normalized spacial score (nSPS) is 12.4. The van der Waals surface area contributed by atoms with Gasteiger partial charge in [-0.15, -0.1) is 0 Å². The SMILES string of the molecule is CCOC(=O)NS(=O)(=O)N[C@H](CCCC(=O)O)C(=O)O. The van der Waals surface area contributed by atoms with Crippen LogP contribution in [0.4, 0.5) is 4.79 Å². The van der Waals surface area contributed by atoms with Gasteiger partial charge in [0.2, 0.25) is 0 Å². The quantitative estimate of drug-likeness (QED) is 0.434. The Labute approximate surface area is 115 Å². The zero-order valence-corrected chi connectivity index (χ0v) is 11.5. The van der Waals surface area contributed by atoms with Crippen LogP contribution in [0.1, 0.15) is 26.2 Å². The summed E-state index contributed by atoms with van der Waals surface area (Å²) in [5.41, 5.74) is 0. The van der Waals surface area contributed by atoms with Gasteiger partial charge in [-0.1, -0.05) is 0 Å². The number of aliphatic carboxylic acids is 2. The standard InChI is InChI=1S/C9H16N2O8S/c1-2-19-9(16)11-20(17,18)10-6(8(14)15)4-3-5-7(12)13/h6,10H,2-5H2,1H3,(H,11,16)(H,12,13)(H,14,15)/t6-/m1/s1. The fourth-order valence-corrected chi connectivity index (χ4v) is 2.11. The molecule has 1 atom stereocenters. The van der Waals surface area contributed by atoms with E-state index >= 15 is 0 Å². The largest absolute Gasteiger partial charge is 0.481 e. The molecule has 0 bridgehead atoms. The number of carboxylic acid groups (broad SMARTS) is 2. The van der Waals surface area contributed by atoms with Gasteiger partial charge in [-0.25, -0.2) is 9.52 Å². The van der Waals surface area contributed by atoms with Crippen molar-refractivity contribution in [3.8, 4) is 0 Å². The van der Waals surface area contributed by atoms with Gasteiger partial charge in [0, 0.05) is 6.42 Å². The number of rotatable bonds is 9. The van der Waals surface area contributed by atoms with Crippen molar-refractivity contribution in [1.82, 2.24) is 9.44 Å². The summed E-state index contributed by atoms with van der Waals surface area (Å²) < 4.78 is 30.4. The fourth-order valence-electron chi connectivity index (χ4n) is 1.18. The van der Waals surface area contributed by atoms with Crippen molar-refractivity contribution < 1.29 is 37.8 Å². The van der Waals surface area contributed by atoms with Crippen LogP contribution in [-0.4, -0.2) is 49.3 Å². The second kappa shape index (κ2) is 8.32. The molecule has 0 unspecified atom stereocenters. The molecule has 4 N–H and O–H groups in total. The van der Waals surface area contributed by atoms with E-state index in [4.69, 9.17) is 10.2 Å². The highest BCUT2D eigenvalue weighted by Crippen LogP contribution is 2.03. The van der Waals surface area contributed by atoms with Gasteiger partial charge in [0.15, 0.2) is 0 Å². The first-order valence-corrected chi connectivity index (χ1v) is 7.07. The van der Waals surface area contributed by atoms with E-state index in [-0.39, 0.29) is 25.9 Å². The van der Waals surface area contributed by atoms with E-state index in [1.165, 1.54) is 11.6 Å². The van der Waals surface area contributed by atoms with Gasteiger partial charge in [-0.2, -0.15) is 13.1 Å². The first-order valence-electron chi connectivity index (χ1n) is 5.59. The van der Waals surface area contributed by atoms with E-state index in [1.807, 2.05) is 0 Å². The van der Waals surface area contributed by atoms with Crippen LogP contribution >= 0.6 is 0 Å². The first-order chi connectivity index (χ1) is 9.18. The summed E-state index contributed by atoms with van der Waals surface area (Å²) in [7, 11) is -4.40. The van der Waals surface area contributed by atoms with Gasteiger partial charge in [0.05, 0.1) is 6.61 Å². The average Bonchev–Trinajstić information content (AvgIpc) is 2.26. The van der Waals surface area contributed by atoms with Crippen LogP contribution in [-0.2, 0) is 24.5 Å². The maximum absolute atomic E-state index is 11.4. The molecule has 0 aromatic carbocycles. The maximum atomic E-state index is 11.4. The van der Waals surface area contributed by atoms with Crippen LogP contribution < -0.4 is 9.44 Å². The number of hydrogen-bond acceptors (Lipinski definition) is 6. The highest BCUT2D eigenvalue weighted by molar-refractivity contribution is 7.88. The Bertz CT molecular complexity index is 461. The van der Waals surface area contributed by atoms with Crippen molar-refractivity contribution in [2.24, 2.45) is 0 Å². The summed E-state index contributed by atoms with van der Waals surface area (Å²) >= 11 is 0. The fraction of sp³-hybridized carbons (Fsp3) is 0.667. The number of carboxylic acids is 2. The molecular weight excluding hydrogens is 296 g/mol.